The Balaban J connectivity index is 1.68. The molecule has 2 N–H and O–H groups in total. The Hall–Kier alpha value is -3.85. The Kier molecular flexibility index (Phi) is 5.36. The van der Waals surface area contributed by atoms with Crippen LogP contribution in [0.25, 0.3) is 16.4 Å². The van der Waals surface area contributed by atoms with Crippen molar-refractivity contribution in [3.8, 4) is 16.4 Å². The molecule has 0 saturated heterocycles. The highest BCUT2D eigenvalue weighted by molar-refractivity contribution is 7.13. The molecule has 4 rings (SSSR count). The van der Waals surface area contributed by atoms with Crippen LogP contribution >= 0.6 is 11.3 Å². The minimum atomic E-state index is -0.525. The number of halogens is 1. The fraction of sp³-hybridized carbons (Fsp3) is 0.0476. The highest BCUT2D eigenvalue weighted by atomic mass is 32.1. The second-order valence-corrected chi connectivity index (χ2v) is 7.19. The van der Waals surface area contributed by atoms with Crippen molar-refractivity contribution in [3.05, 3.63) is 83.2 Å². The molecule has 2 aromatic heterocycles. The second-order valence-electron chi connectivity index (χ2n) is 6.24. The van der Waals surface area contributed by atoms with Gasteiger partial charge in [0.05, 0.1) is 10.6 Å². The third-order valence-electron chi connectivity index (χ3n) is 4.23. The van der Waals surface area contributed by atoms with Gasteiger partial charge in [-0.15, -0.1) is 16.4 Å². The normalized spacial score (nSPS) is 10.6. The van der Waals surface area contributed by atoms with Crippen molar-refractivity contribution >= 4 is 28.8 Å². The summed E-state index contributed by atoms with van der Waals surface area (Å²) >= 11 is 1.45. The van der Waals surface area contributed by atoms with Gasteiger partial charge in [-0.2, -0.15) is 0 Å². The molecule has 0 aliphatic carbocycles. The molecule has 0 radical (unpaired) electrons. The first-order valence-electron chi connectivity index (χ1n) is 8.95. The number of thiophene rings is 1. The van der Waals surface area contributed by atoms with E-state index >= 15 is 0 Å². The van der Waals surface area contributed by atoms with Crippen molar-refractivity contribution in [2.75, 3.05) is 12.4 Å². The number of benzene rings is 2. The Morgan fingerprint density at radius 1 is 1.03 bits per heavy atom. The van der Waals surface area contributed by atoms with Gasteiger partial charge in [-0.05, 0) is 53.9 Å². The number of nitrogens with one attached hydrogen (secondary N) is 2. The second kappa shape index (κ2) is 8.26. The van der Waals surface area contributed by atoms with Crippen LogP contribution in [-0.2, 0) is 0 Å². The number of hydrogen-bond donors (Lipinski definition) is 2. The zero-order valence-corrected chi connectivity index (χ0v) is 16.6. The summed E-state index contributed by atoms with van der Waals surface area (Å²) in [7, 11) is 1.53. The van der Waals surface area contributed by atoms with Gasteiger partial charge in [0.1, 0.15) is 5.82 Å². The summed E-state index contributed by atoms with van der Waals surface area (Å²) in [5, 5.41) is 11.5. The Bertz CT molecular complexity index is 1200. The van der Waals surface area contributed by atoms with Gasteiger partial charge in [0.25, 0.3) is 11.8 Å². The van der Waals surface area contributed by atoms with E-state index in [1.165, 1.54) is 35.2 Å². The minimum absolute atomic E-state index is 0.0481. The maximum absolute atomic E-state index is 13.3. The molecule has 2 heterocycles. The number of anilines is 1. The first kappa shape index (κ1) is 19.5. The maximum Gasteiger partial charge on any atom is 0.295 e. The number of rotatable bonds is 5. The zero-order chi connectivity index (χ0) is 21.1. The molecule has 0 aliphatic heterocycles. The van der Waals surface area contributed by atoms with Crippen LogP contribution < -0.4 is 10.6 Å². The van der Waals surface area contributed by atoms with Crippen molar-refractivity contribution in [3.63, 3.8) is 0 Å². The van der Waals surface area contributed by atoms with E-state index in [1.807, 2.05) is 17.5 Å². The lowest BCUT2D eigenvalue weighted by Crippen LogP contribution is -2.19. The Labute approximate surface area is 175 Å². The van der Waals surface area contributed by atoms with Crippen LogP contribution in [-0.4, -0.2) is 33.6 Å². The summed E-state index contributed by atoms with van der Waals surface area (Å²) in [5.74, 6) is -0.730. The lowest BCUT2D eigenvalue weighted by Gasteiger charge is -2.05. The molecule has 2 amide bonds. The van der Waals surface area contributed by atoms with Crippen LogP contribution in [0.15, 0.2) is 66.0 Å². The van der Waals surface area contributed by atoms with Gasteiger partial charge >= 0.3 is 0 Å². The van der Waals surface area contributed by atoms with Crippen molar-refractivity contribution < 1.29 is 14.0 Å². The average Bonchev–Trinajstić information content (AvgIpc) is 3.44. The maximum atomic E-state index is 13.3. The number of carbonyl (C=O) groups is 2. The number of nitrogens with zero attached hydrogens (tertiary/aromatic N) is 3. The lowest BCUT2D eigenvalue weighted by atomic mass is 10.2. The fourth-order valence-electron chi connectivity index (χ4n) is 2.81. The first-order valence-corrected chi connectivity index (χ1v) is 9.83. The van der Waals surface area contributed by atoms with Gasteiger partial charge in [-0.1, -0.05) is 12.1 Å². The third-order valence-corrected chi connectivity index (χ3v) is 5.10. The Morgan fingerprint density at radius 3 is 2.53 bits per heavy atom. The summed E-state index contributed by atoms with van der Waals surface area (Å²) in [6, 6.07) is 16.0. The predicted octanol–water partition coefficient (Wildman–Crippen LogP) is 3.75. The number of aromatic nitrogens is 3. The molecule has 0 atom stereocenters. The highest BCUT2D eigenvalue weighted by Crippen LogP contribution is 2.26. The monoisotopic (exact) mass is 421 g/mol. The van der Waals surface area contributed by atoms with E-state index in [1.54, 1.807) is 36.4 Å². The number of amides is 2. The molecular weight excluding hydrogens is 405 g/mol. The van der Waals surface area contributed by atoms with E-state index < -0.39 is 5.91 Å². The summed E-state index contributed by atoms with van der Waals surface area (Å²) in [6.07, 6.45) is 0. The lowest BCUT2D eigenvalue weighted by molar-refractivity contribution is 0.0961. The van der Waals surface area contributed by atoms with Crippen LogP contribution in [0.5, 0.6) is 0 Å². The van der Waals surface area contributed by atoms with Crippen LogP contribution in [0.4, 0.5) is 10.1 Å². The van der Waals surface area contributed by atoms with Gasteiger partial charge < -0.3 is 10.6 Å². The summed E-state index contributed by atoms with van der Waals surface area (Å²) in [4.78, 5) is 29.8. The first-order chi connectivity index (χ1) is 14.5. The topological polar surface area (TPSA) is 88.9 Å². The minimum Gasteiger partial charge on any atom is -0.355 e. The SMILES string of the molecule is CNC(=O)c1cccc(NC(=O)c2nc(-c3cccs3)n(-c3ccc(F)cc3)n2)c1. The van der Waals surface area contributed by atoms with Crippen molar-refractivity contribution in [1.29, 1.82) is 0 Å². The quantitative estimate of drug-likeness (QED) is 0.514. The number of hydrogen-bond acceptors (Lipinski definition) is 5. The van der Waals surface area contributed by atoms with E-state index in [0.717, 1.165) is 4.88 Å². The standard InChI is InChI=1S/C21H16FN5O2S/c1-23-20(28)13-4-2-5-15(12-13)24-21(29)18-25-19(17-6-3-11-30-17)27(26-18)16-9-7-14(22)8-10-16/h2-12H,1H3,(H,23,28)(H,24,29). The smallest absolute Gasteiger partial charge is 0.295 e. The molecule has 0 fully saturated rings. The van der Waals surface area contributed by atoms with Gasteiger partial charge in [0.15, 0.2) is 5.82 Å². The van der Waals surface area contributed by atoms with Crippen LogP contribution in [0.3, 0.4) is 0 Å². The van der Waals surface area contributed by atoms with E-state index in [-0.39, 0.29) is 17.5 Å². The molecule has 2 aromatic carbocycles. The molecule has 0 saturated carbocycles. The molecule has 4 aromatic rings. The molecule has 150 valence electrons. The predicted molar refractivity (Wildman–Crippen MR) is 112 cm³/mol. The highest BCUT2D eigenvalue weighted by Gasteiger charge is 2.20. The van der Waals surface area contributed by atoms with Crippen molar-refractivity contribution in [2.24, 2.45) is 0 Å². The zero-order valence-electron chi connectivity index (χ0n) is 15.8. The molecule has 0 aliphatic rings. The van der Waals surface area contributed by atoms with E-state index in [0.29, 0.717) is 22.8 Å². The fourth-order valence-corrected chi connectivity index (χ4v) is 3.50. The molecule has 9 heteroatoms. The molecule has 0 bridgehead atoms. The van der Waals surface area contributed by atoms with E-state index in [9.17, 15) is 14.0 Å². The van der Waals surface area contributed by atoms with E-state index in [4.69, 9.17) is 0 Å². The third kappa shape index (κ3) is 3.96. The van der Waals surface area contributed by atoms with Gasteiger partial charge in [0.2, 0.25) is 5.82 Å². The summed E-state index contributed by atoms with van der Waals surface area (Å²) in [5.41, 5.74) is 1.43. The molecule has 0 spiro atoms. The van der Waals surface area contributed by atoms with E-state index in [2.05, 4.69) is 20.7 Å². The van der Waals surface area contributed by atoms with Crippen molar-refractivity contribution in [2.45, 2.75) is 0 Å². The van der Waals surface area contributed by atoms with Crippen LogP contribution in [0.1, 0.15) is 21.0 Å². The van der Waals surface area contributed by atoms with Gasteiger partial charge in [-0.25, -0.2) is 14.1 Å². The van der Waals surface area contributed by atoms with Crippen molar-refractivity contribution in [1.82, 2.24) is 20.1 Å². The van der Waals surface area contributed by atoms with Crippen LogP contribution in [0.2, 0.25) is 0 Å². The Morgan fingerprint density at radius 2 is 1.83 bits per heavy atom. The molecule has 7 nitrogen and oxygen atoms in total. The largest absolute Gasteiger partial charge is 0.355 e. The molecule has 0 unspecified atom stereocenters. The summed E-state index contributed by atoms with van der Waals surface area (Å²) < 4.78 is 14.8. The van der Waals surface area contributed by atoms with Gasteiger partial charge in [0, 0.05) is 18.3 Å². The molecular formula is C21H16FN5O2S. The van der Waals surface area contributed by atoms with Gasteiger partial charge in [-0.3, -0.25) is 9.59 Å². The van der Waals surface area contributed by atoms with Crippen LogP contribution in [0, 0.1) is 5.82 Å². The number of carbonyl (C=O) groups excluding carboxylic acids is 2. The average molecular weight is 421 g/mol. The summed E-state index contributed by atoms with van der Waals surface area (Å²) in [6.45, 7) is 0. The molecule has 30 heavy (non-hydrogen) atoms.